The fraction of sp³-hybridized carbons (Fsp3) is 0.444. The maximum atomic E-state index is 12.5. The van der Waals surface area contributed by atoms with Crippen LogP contribution in [0, 0.1) is 0 Å². The van der Waals surface area contributed by atoms with Crippen molar-refractivity contribution in [1.29, 1.82) is 0 Å². The second kappa shape index (κ2) is 7.90. The van der Waals surface area contributed by atoms with Crippen LogP contribution in [0.3, 0.4) is 0 Å². The number of hydrogen-bond donors (Lipinski definition) is 1. The summed E-state index contributed by atoms with van der Waals surface area (Å²) in [5.41, 5.74) is 1.76. The molecule has 2 aromatic rings. The van der Waals surface area contributed by atoms with Crippen LogP contribution in [0.25, 0.3) is 0 Å². The smallest absolute Gasteiger partial charge is 0.354 e. The Balaban J connectivity index is 1.36. The standard InChI is InChI=1S/C18H21F3N4O/c19-18(20,21)16-7-11-25(23-16)13-17(26)22-8-3-9-24-10-6-14-4-1-2-5-15(14)12-24/h1-2,4-5,7,11H,3,6,8-10,12-13H2,(H,22,26). The average molecular weight is 366 g/mol. The van der Waals surface area contributed by atoms with Crippen LogP contribution < -0.4 is 5.32 Å². The number of benzene rings is 1. The highest BCUT2D eigenvalue weighted by Crippen LogP contribution is 2.27. The topological polar surface area (TPSA) is 50.2 Å². The molecule has 0 saturated heterocycles. The van der Waals surface area contributed by atoms with Gasteiger partial charge in [0.25, 0.3) is 0 Å². The first-order chi connectivity index (χ1) is 12.4. The molecule has 1 aromatic carbocycles. The lowest BCUT2D eigenvalue weighted by Crippen LogP contribution is -2.34. The molecule has 8 heteroatoms. The van der Waals surface area contributed by atoms with Crippen molar-refractivity contribution < 1.29 is 18.0 Å². The Bertz CT molecular complexity index is 757. The number of nitrogens with one attached hydrogen (secondary N) is 1. The minimum Gasteiger partial charge on any atom is -0.354 e. The number of carbonyl (C=O) groups excluding carboxylic acids is 1. The van der Waals surface area contributed by atoms with Gasteiger partial charge in [-0.25, -0.2) is 0 Å². The van der Waals surface area contributed by atoms with Crippen LogP contribution in [0.4, 0.5) is 13.2 Å². The summed E-state index contributed by atoms with van der Waals surface area (Å²) in [4.78, 5) is 14.2. The number of nitrogens with zero attached hydrogens (tertiary/aromatic N) is 3. The van der Waals surface area contributed by atoms with E-state index >= 15 is 0 Å². The van der Waals surface area contributed by atoms with Gasteiger partial charge in [0, 0.05) is 32.4 Å². The zero-order valence-corrected chi connectivity index (χ0v) is 14.3. The molecule has 2 heterocycles. The van der Waals surface area contributed by atoms with Crippen LogP contribution in [0.1, 0.15) is 23.2 Å². The first-order valence-corrected chi connectivity index (χ1v) is 8.58. The minimum atomic E-state index is -4.49. The van der Waals surface area contributed by atoms with Crippen LogP contribution in [-0.4, -0.2) is 40.2 Å². The van der Waals surface area contributed by atoms with E-state index in [1.165, 1.54) is 11.1 Å². The Morgan fingerprint density at radius 1 is 1.19 bits per heavy atom. The van der Waals surface area contributed by atoms with Crippen LogP contribution in [0.15, 0.2) is 36.5 Å². The normalized spacial score (nSPS) is 14.9. The Morgan fingerprint density at radius 3 is 2.69 bits per heavy atom. The number of alkyl halides is 3. The molecule has 0 bridgehead atoms. The molecular formula is C18H21F3N4O. The highest BCUT2D eigenvalue weighted by molar-refractivity contribution is 5.75. The molecule has 0 spiro atoms. The lowest BCUT2D eigenvalue weighted by Gasteiger charge is -2.28. The zero-order valence-electron chi connectivity index (χ0n) is 14.3. The van der Waals surface area contributed by atoms with Crippen molar-refractivity contribution in [3.63, 3.8) is 0 Å². The van der Waals surface area contributed by atoms with E-state index in [-0.39, 0.29) is 12.5 Å². The monoisotopic (exact) mass is 366 g/mol. The summed E-state index contributed by atoms with van der Waals surface area (Å²) in [5.74, 6) is -0.342. The Kier molecular flexibility index (Phi) is 5.61. The van der Waals surface area contributed by atoms with E-state index in [2.05, 4.69) is 33.5 Å². The predicted octanol–water partition coefficient (Wildman–Crippen LogP) is 2.47. The molecule has 1 amide bonds. The third-order valence-electron chi connectivity index (χ3n) is 4.42. The molecule has 1 aliphatic heterocycles. The van der Waals surface area contributed by atoms with Crippen LogP contribution >= 0.6 is 0 Å². The largest absolute Gasteiger partial charge is 0.435 e. The summed E-state index contributed by atoms with van der Waals surface area (Å²) < 4.78 is 38.4. The number of fused-ring (bicyclic) bond motifs is 1. The fourth-order valence-electron chi connectivity index (χ4n) is 3.08. The van der Waals surface area contributed by atoms with Gasteiger partial charge in [-0.15, -0.1) is 0 Å². The fourth-order valence-corrected chi connectivity index (χ4v) is 3.08. The lowest BCUT2D eigenvalue weighted by molar-refractivity contribution is -0.141. The second-order valence-electron chi connectivity index (χ2n) is 6.39. The van der Waals surface area contributed by atoms with E-state index in [0.29, 0.717) is 6.54 Å². The maximum Gasteiger partial charge on any atom is 0.435 e. The number of rotatable bonds is 6. The van der Waals surface area contributed by atoms with Gasteiger partial charge in [-0.05, 0) is 30.0 Å². The van der Waals surface area contributed by atoms with E-state index in [4.69, 9.17) is 0 Å². The van der Waals surface area contributed by atoms with Gasteiger partial charge in [0.2, 0.25) is 5.91 Å². The number of aromatic nitrogens is 2. The van der Waals surface area contributed by atoms with Crippen molar-refractivity contribution in [2.24, 2.45) is 0 Å². The van der Waals surface area contributed by atoms with Crippen molar-refractivity contribution in [3.8, 4) is 0 Å². The van der Waals surface area contributed by atoms with Gasteiger partial charge in [-0.2, -0.15) is 18.3 Å². The summed E-state index contributed by atoms with van der Waals surface area (Å²) in [6, 6.07) is 9.26. The lowest BCUT2D eigenvalue weighted by atomic mass is 10.00. The van der Waals surface area contributed by atoms with Gasteiger partial charge in [0.15, 0.2) is 5.69 Å². The van der Waals surface area contributed by atoms with E-state index in [9.17, 15) is 18.0 Å². The summed E-state index contributed by atoms with van der Waals surface area (Å²) in [6.07, 6.45) is -1.51. The van der Waals surface area contributed by atoms with E-state index < -0.39 is 11.9 Å². The molecular weight excluding hydrogens is 345 g/mol. The zero-order chi connectivity index (χ0) is 18.6. The van der Waals surface area contributed by atoms with Gasteiger partial charge in [0.05, 0.1) is 0 Å². The molecule has 140 valence electrons. The maximum absolute atomic E-state index is 12.5. The third-order valence-corrected chi connectivity index (χ3v) is 4.42. The predicted molar refractivity (Wildman–Crippen MR) is 90.3 cm³/mol. The molecule has 0 unspecified atom stereocenters. The first-order valence-electron chi connectivity index (χ1n) is 8.58. The van der Waals surface area contributed by atoms with Crippen molar-refractivity contribution in [2.75, 3.05) is 19.6 Å². The summed E-state index contributed by atoms with van der Waals surface area (Å²) in [5, 5.41) is 6.10. The molecule has 0 fully saturated rings. The first kappa shape index (κ1) is 18.4. The molecule has 5 nitrogen and oxygen atoms in total. The molecule has 0 radical (unpaired) electrons. The van der Waals surface area contributed by atoms with Gasteiger partial charge < -0.3 is 5.32 Å². The second-order valence-corrected chi connectivity index (χ2v) is 6.39. The van der Waals surface area contributed by atoms with Crippen LogP contribution in [0.2, 0.25) is 0 Å². The molecule has 0 atom stereocenters. The average Bonchev–Trinajstić information content (AvgIpc) is 3.07. The van der Waals surface area contributed by atoms with Crippen molar-refractivity contribution in [3.05, 3.63) is 53.3 Å². The van der Waals surface area contributed by atoms with Gasteiger partial charge in [0.1, 0.15) is 6.54 Å². The molecule has 0 saturated carbocycles. The quantitative estimate of drug-likeness (QED) is 0.799. The van der Waals surface area contributed by atoms with Gasteiger partial charge in [-0.3, -0.25) is 14.4 Å². The van der Waals surface area contributed by atoms with Crippen molar-refractivity contribution in [2.45, 2.75) is 32.1 Å². The van der Waals surface area contributed by atoms with Crippen molar-refractivity contribution >= 4 is 5.91 Å². The highest BCUT2D eigenvalue weighted by Gasteiger charge is 2.33. The number of halogens is 3. The van der Waals surface area contributed by atoms with Crippen LogP contribution in [-0.2, 0) is 30.5 Å². The Hall–Kier alpha value is -2.35. The molecule has 1 N–H and O–H groups in total. The minimum absolute atomic E-state index is 0.215. The molecule has 3 rings (SSSR count). The van der Waals surface area contributed by atoms with Crippen molar-refractivity contribution in [1.82, 2.24) is 20.0 Å². The molecule has 26 heavy (non-hydrogen) atoms. The summed E-state index contributed by atoms with van der Waals surface area (Å²) >= 11 is 0. The SMILES string of the molecule is O=C(Cn1ccc(C(F)(F)F)n1)NCCCN1CCc2ccccc2C1. The van der Waals surface area contributed by atoms with E-state index in [1.54, 1.807) is 0 Å². The summed E-state index contributed by atoms with van der Waals surface area (Å²) in [7, 11) is 0. The van der Waals surface area contributed by atoms with Gasteiger partial charge in [-0.1, -0.05) is 24.3 Å². The number of amides is 1. The molecule has 1 aliphatic rings. The molecule has 0 aliphatic carbocycles. The Labute approximate surface area is 149 Å². The van der Waals surface area contributed by atoms with E-state index in [0.717, 1.165) is 49.4 Å². The van der Waals surface area contributed by atoms with E-state index in [1.807, 2.05) is 6.07 Å². The number of carbonyl (C=O) groups is 1. The molecule has 1 aromatic heterocycles. The van der Waals surface area contributed by atoms with Gasteiger partial charge >= 0.3 is 6.18 Å². The third kappa shape index (κ3) is 4.85. The summed E-state index contributed by atoms with van der Waals surface area (Å²) in [6.45, 7) is 3.06. The van der Waals surface area contributed by atoms with Crippen LogP contribution in [0.5, 0.6) is 0 Å². The highest BCUT2D eigenvalue weighted by atomic mass is 19.4. The Morgan fingerprint density at radius 2 is 1.96 bits per heavy atom. The number of hydrogen-bond acceptors (Lipinski definition) is 3.